The van der Waals surface area contributed by atoms with E-state index in [4.69, 9.17) is 9.47 Å². The van der Waals surface area contributed by atoms with Crippen LogP contribution in [-0.4, -0.2) is 38.1 Å². The first-order valence-corrected chi connectivity index (χ1v) is 15.6. The second-order valence-corrected chi connectivity index (χ2v) is 12.6. The topological polar surface area (TPSA) is 89.9 Å². The van der Waals surface area contributed by atoms with Gasteiger partial charge in [0.1, 0.15) is 27.9 Å². The lowest BCUT2D eigenvalue weighted by molar-refractivity contribution is -0.137. The van der Waals surface area contributed by atoms with Crippen molar-refractivity contribution in [3.63, 3.8) is 0 Å². The van der Waals surface area contributed by atoms with E-state index in [-0.39, 0.29) is 18.1 Å². The number of carbonyl (C=O) groups is 1. The van der Waals surface area contributed by atoms with Gasteiger partial charge >= 0.3 is 5.97 Å². The van der Waals surface area contributed by atoms with Gasteiger partial charge in [-0.05, 0) is 109 Å². The molecule has 0 saturated heterocycles. The largest absolute Gasteiger partial charge is 0.494 e. The fourth-order valence-electron chi connectivity index (χ4n) is 5.20. The van der Waals surface area contributed by atoms with Crippen LogP contribution in [0.3, 0.4) is 0 Å². The molecule has 0 heterocycles. The van der Waals surface area contributed by atoms with Gasteiger partial charge in [0.2, 0.25) is 0 Å². The summed E-state index contributed by atoms with van der Waals surface area (Å²) >= 11 is 0. The molecule has 0 aromatic heterocycles. The molecule has 0 bridgehead atoms. The van der Waals surface area contributed by atoms with Crippen molar-refractivity contribution in [1.29, 1.82) is 0 Å². The van der Waals surface area contributed by atoms with Crippen LogP contribution in [0.5, 0.6) is 11.5 Å². The van der Waals surface area contributed by atoms with Crippen molar-refractivity contribution in [3.05, 3.63) is 82.4 Å². The second kappa shape index (κ2) is 13.1. The van der Waals surface area contributed by atoms with Crippen molar-refractivity contribution >= 4 is 15.8 Å². The minimum atomic E-state index is -2.99. The lowest BCUT2D eigenvalue weighted by Gasteiger charge is -2.17. The van der Waals surface area contributed by atoms with E-state index in [1.165, 1.54) is 28.5 Å². The van der Waals surface area contributed by atoms with Crippen LogP contribution in [0.15, 0.2) is 54.6 Å². The number of hydrogen-bond acceptors (Lipinski definition) is 5. The summed E-state index contributed by atoms with van der Waals surface area (Å²) in [4.78, 5) is 11.2. The molecule has 0 radical (unpaired) electrons. The molecule has 40 heavy (non-hydrogen) atoms. The van der Waals surface area contributed by atoms with Gasteiger partial charge in [-0.25, -0.2) is 8.42 Å². The van der Waals surface area contributed by atoms with E-state index in [0.29, 0.717) is 25.4 Å². The van der Waals surface area contributed by atoms with Crippen molar-refractivity contribution in [1.82, 2.24) is 0 Å². The van der Waals surface area contributed by atoms with Gasteiger partial charge in [-0.2, -0.15) is 0 Å². The summed E-state index contributed by atoms with van der Waals surface area (Å²) in [7, 11) is -2.99. The molecular weight excluding hydrogens is 524 g/mol. The molecule has 7 heteroatoms. The second-order valence-electron chi connectivity index (χ2n) is 10.4. The molecule has 3 aromatic rings. The maximum atomic E-state index is 11.4. The Morgan fingerprint density at radius 2 is 1.75 bits per heavy atom. The van der Waals surface area contributed by atoms with Gasteiger partial charge < -0.3 is 14.6 Å². The summed E-state index contributed by atoms with van der Waals surface area (Å²) in [5, 5.41) is 9.18. The number of sulfone groups is 1. The standard InChI is InChI=1S/C33H36O6S/c1-4-7-27(21-32(34)35)25-12-14-29(15-13-25)39-22-24-10-11-26-8-5-9-28-20-30(38-16-6-17-40(3,36)37)18-23(2)33(28)31(26)19-24/h10-15,18-20,27H,5-6,8-9,16-17,21-22H2,1-3H3,(H,34,35). The average Bonchev–Trinajstić information content (AvgIpc) is 3.08. The lowest BCUT2D eigenvalue weighted by Crippen LogP contribution is -2.08. The molecule has 0 aliphatic heterocycles. The number of carboxylic acid groups (broad SMARTS) is 1. The molecule has 210 valence electrons. The van der Waals surface area contributed by atoms with E-state index in [9.17, 15) is 18.3 Å². The SMILES string of the molecule is CC#CC(CC(=O)O)c1ccc(OCc2ccc3c(c2)-c2c(C)cc(OCCCS(C)(=O)=O)cc2CCC3)cc1. The molecule has 1 aliphatic carbocycles. The van der Waals surface area contributed by atoms with Crippen molar-refractivity contribution in [2.24, 2.45) is 0 Å². The Morgan fingerprint density at radius 1 is 1.00 bits per heavy atom. The van der Waals surface area contributed by atoms with Gasteiger partial charge in [0.05, 0.1) is 24.7 Å². The highest BCUT2D eigenvalue weighted by atomic mass is 32.2. The summed E-state index contributed by atoms with van der Waals surface area (Å²) in [5.74, 6) is 6.20. The summed E-state index contributed by atoms with van der Waals surface area (Å²) in [5.41, 5.74) is 8.09. The lowest BCUT2D eigenvalue weighted by atomic mass is 9.91. The van der Waals surface area contributed by atoms with E-state index >= 15 is 0 Å². The normalized spacial score (nSPS) is 13.2. The van der Waals surface area contributed by atoms with E-state index in [0.717, 1.165) is 41.7 Å². The molecule has 3 aromatic carbocycles. The van der Waals surface area contributed by atoms with Crippen LogP contribution in [0.2, 0.25) is 0 Å². The zero-order valence-corrected chi connectivity index (χ0v) is 24.1. The number of rotatable bonds is 11. The molecule has 6 nitrogen and oxygen atoms in total. The van der Waals surface area contributed by atoms with Crippen LogP contribution >= 0.6 is 0 Å². The van der Waals surface area contributed by atoms with Gasteiger partial charge in [-0.1, -0.05) is 30.2 Å². The molecule has 1 atom stereocenters. The molecular formula is C33H36O6S. The summed E-state index contributed by atoms with van der Waals surface area (Å²) < 4.78 is 34.8. The summed E-state index contributed by atoms with van der Waals surface area (Å²) in [6, 6.07) is 18.2. The average molecular weight is 561 g/mol. The fraction of sp³-hybridized carbons (Fsp3) is 0.364. The Balaban J connectivity index is 1.48. The predicted octanol–water partition coefficient (Wildman–Crippen LogP) is 6.12. The smallest absolute Gasteiger partial charge is 0.304 e. The first-order chi connectivity index (χ1) is 19.1. The maximum absolute atomic E-state index is 11.4. The third-order valence-corrected chi connectivity index (χ3v) is 8.07. The number of aryl methyl sites for hydroxylation is 3. The van der Waals surface area contributed by atoms with E-state index in [1.807, 2.05) is 30.3 Å². The number of carboxylic acids is 1. The Bertz CT molecular complexity index is 1530. The van der Waals surface area contributed by atoms with E-state index < -0.39 is 15.8 Å². The van der Waals surface area contributed by atoms with Crippen LogP contribution < -0.4 is 9.47 Å². The molecule has 1 aliphatic rings. The van der Waals surface area contributed by atoms with Crippen molar-refractivity contribution in [2.75, 3.05) is 18.6 Å². The molecule has 4 rings (SSSR count). The minimum Gasteiger partial charge on any atom is -0.494 e. The van der Waals surface area contributed by atoms with Crippen molar-refractivity contribution in [2.45, 2.75) is 58.5 Å². The van der Waals surface area contributed by atoms with Crippen LogP contribution in [0, 0.1) is 18.8 Å². The van der Waals surface area contributed by atoms with Crippen molar-refractivity contribution in [3.8, 4) is 34.5 Å². The molecule has 0 spiro atoms. The van der Waals surface area contributed by atoms with Gasteiger partial charge in [0, 0.05) is 6.26 Å². The predicted molar refractivity (Wildman–Crippen MR) is 158 cm³/mol. The molecule has 1 N–H and O–H groups in total. The van der Waals surface area contributed by atoms with Gasteiger partial charge in [-0.3, -0.25) is 4.79 Å². The minimum absolute atomic E-state index is 0.0339. The number of aliphatic carboxylic acids is 1. The van der Waals surface area contributed by atoms with E-state index in [1.54, 1.807) is 6.92 Å². The number of ether oxygens (including phenoxy) is 2. The Morgan fingerprint density at radius 3 is 2.45 bits per heavy atom. The Kier molecular flexibility index (Phi) is 9.54. The summed E-state index contributed by atoms with van der Waals surface area (Å²) in [6.45, 7) is 4.60. The van der Waals surface area contributed by atoms with Crippen LogP contribution in [0.1, 0.15) is 59.9 Å². The number of hydrogen-bond donors (Lipinski definition) is 1. The highest BCUT2D eigenvalue weighted by Gasteiger charge is 2.19. The van der Waals surface area contributed by atoms with Crippen molar-refractivity contribution < 1.29 is 27.8 Å². The van der Waals surface area contributed by atoms with Crippen LogP contribution in [0.25, 0.3) is 11.1 Å². The first-order valence-electron chi connectivity index (χ1n) is 13.6. The maximum Gasteiger partial charge on any atom is 0.304 e. The highest BCUT2D eigenvalue weighted by molar-refractivity contribution is 7.90. The van der Waals surface area contributed by atoms with E-state index in [2.05, 4.69) is 43.0 Å². The monoisotopic (exact) mass is 560 g/mol. The molecule has 0 fully saturated rings. The highest BCUT2D eigenvalue weighted by Crippen LogP contribution is 2.38. The van der Waals surface area contributed by atoms with Crippen LogP contribution in [-0.2, 0) is 34.1 Å². The van der Waals surface area contributed by atoms with Gasteiger partial charge in [-0.15, -0.1) is 5.92 Å². The zero-order valence-electron chi connectivity index (χ0n) is 23.3. The van der Waals surface area contributed by atoms with Gasteiger partial charge in [0.15, 0.2) is 0 Å². The van der Waals surface area contributed by atoms with Crippen LogP contribution in [0.4, 0.5) is 0 Å². The number of benzene rings is 3. The Labute approximate surface area is 237 Å². The molecule has 0 saturated carbocycles. The fourth-order valence-corrected chi connectivity index (χ4v) is 5.84. The summed E-state index contributed by atoms with van der Waals surface area (Å²) in [6.07, 6.45) is 4.68. The molecule has 1 unspecified atom stereocenters. The third kappa shape index (κ3) is 7.89. The molecule has 0 amide bonds. The quantitative estimate of drug-likeness (QED) is 0.224. The Hall–Kier alpha value is -3.76. The zero-order chi connectivity index (χ0) is 28.7. The first kappa shape index (κ1) is 29.2. The number of fused-ring (bicyclic) bond motifs is 3. The van der Waals surface area contributed by atoms with Gasteiger partial charge in [0.25, 0.3) is 0 Å². The third-order valence-electron chi connectivity index (χ3n) is 7.04.